The lowest BCUT2D eigenvalue weighted by atomic mass is 9.98. The summed E-state index contributed by atoms with van der Waals surface area (Å²) in [5.41, 5.74) is 4.37. The van der Waals surface area contributed by atoms with Gasteiger partial charge >= 0.3 is 0 Å². The minimum absolute atomic E-state index is 0.157. The van der Waals surface area contributed by atoms with Crippen molar-refractivity contribution >= 4 is 16.7 Å². The summed E-state index contributed by atoms with van der Waals surface area (Å²) < 4.78 is 12.0. The van der Waals surface area contributed by atoms with E-state index in [0.717, 1.165) is 52.1 Å². The molecule has 34 heavy (non-hydrogen) atoms. The molecule has 4 aromatic rings. The molecule has 0 aliphatic heterocycles. The van der Waals surface area contributed by atoms with Crippen molar-refractivity contribution in [2.24, 2.45) is 0 Å². The maximum absolute atomic E-state index is 9.90. The lowest BCUT2D eigenvalue weighted by molar-refractivity contribution is 0.328. The largest absolute Gasteiger partial charge is 0.508 e. The molecule has 5 nitrogen and oxygen atoms in total. The van der Waals surface area contributed by atoms with E-state index in [-0.39, 0.29) is 11.5 Å². The number of fused-ring (bicyclic) bond motifs is 1. The molecule has 0 saturated carbocycles. The van der Waals surface area contributed by atoms with Crippen LogP contribution < -0.4 is 4.74 Å². The molecule has 3 N–H and O–H groups in total. The van der Waals surface area contributed by atoms with E-state index < -0.39 is 0 Å². The highest BCUT2D eigenvalue weighted by atomic mass is 16.5. The molecule has 0 atom stereocenters. The Morgan fingerprint density at radius 2 is 1.62 bits per heavy atom. The monoisotopic (exact) mass is 457 g/mol. The molecule has 0 aliphatic rings. The summed E-state index contributed by atoms with van der Waals surface area (Å²) in [6.45, 7) is 2.69. The van der Waals surface area contributed by atoms with Gasteiger partial charge in [0.15, 0.2) is 0 Å². The lowest BCUT2D eigenvalue weighted by Gasteiger charge is -2.09. The van der Waals surface area contributed by atoms with Crippen LogP contribution in [0.1, 0.15) is 50.2 Å². The van der Waals surface area contributed by atoms with Crippen LogP contribution in [0.25, 0.3) is 22.3 Å². The standard InChI is InChI=1S/C29H31NO4/c1-2-3-4-5-22(30)16-17-33-25-13-6-20(7-14-25)18-27-26-15-12-24(32)19-28(26)34-29(27)21-8-10-23(31)11-9-21/h6-15,19,30-32H,2-5,16-18H2,1H3. The van der Waals surface area contributed by atoms with Gasteiger partial charge in [-0.2, -0.15) is 0 Å². The molecule has 1 aromatic heterocycles. The van der Waals surface area contributed by atoms with Crippen LogP contribution in [0.15, 0.2) is 71.1 Å². The molecule has 5 heteroatoms. The predicted molar refractivity (Wildman–Crippen MR) is 136 cm³/mol. The summed E-state index contributed by atoms with van der Waals surface area (Å²) in [5, 5.41) is 28.5. The van der Waals surface area contributed by atoms with Crippen molar-refractivity contribution in [1.82, 2.24) is 0 Å². The number of rotatable bonds is 11. The van der Waals surface area contributed by atoms with Crippen molar-refractivity contribution in [3.8, 4) is 28.6 Å². The Bertz CT molecular complexity index is 1240. The number of phenols is 2. The second-order valence-electron chi connectivity index (χ2n) is 8.62. The molecular weight excluding hydrogens is 426 g/mol. The maximum Gasteiger partial charge on any atom is 0.138 e. The van der Waals surface area contributed by atoms with E-state index in [1.54, 1.807) is 24.3 Å². The van der Waals surface area contributed by atoms with Crippen LogP contribution >= 0.6 is 0 Å². The highest BCUT2D eigenvalue weighted by molar-refractivity contribution is 5.89. The van der Waals surface area contributed by atoms with Gasteiger partial charge in [-0.1, -0.05) is 31.9 Å². The minimum atomic E-state index is 0.157. The van der Waals surface area contributed by atoms with E-state index in [2.05, 4.69) is 6.92 Å². The molecule has 1 heterocycles. The Hall–Kier alpha value is -3.73. The van der Waals surface area contributed by atoms with Crippen LogP contribution in [0.3, 0.4) is 0 Å². The Morgan fingerprint density at radius 1 is 0.882 bits per heavy atom. The topological polar surface area (TPSA) is 86.7 Å². The Balaban J connectivity index is 1.47. The number of furan rings is 1. The van der Waals surface area contributed by atoms with Crippen molar-refractivity contribution in [2.75, 3.05) is 6.61 Å². The third-order valence-electron chi connectivity index (χ3n) is 5.96. The Morgan fingerprint density at radius 3 is 2.35 bits per heavy atom. The fourth-order valence-electron chi connectivity index (χ4n) is 4.07. The van der Waals surface area contributed by atoms with Gasteiger partial charge in [0.1, 0.15) is 28.6 Å². The zero-order valence-electron chi connectivity index (χ0n) is 19.5. The van der Waals surface area contributed by atoms with Gasteiger partial charge in [-0.05, 0) is 66.9 Å². The highest BCUT2D eigenvalue weighted by Gasteiger charge is 2.17. The van der Waals surface area contributed by atoms with Gasteiger partial charge in [-0.3, -0.25) is 0 Å². The first kappa shape index (κ1) is 23.4. The molecule has 3 aromatic carbocycles. The second kappa shape index (κ2) is 10.9. The molecule has 0 spiro atoms. The number of hydrogen-bond donors (Lipinski definition) is 3. The number of nitrogens with one attached hydrogen (secondary N) is 1. The molecule has 0 bridgehead atoms. The molecule has 0 saturated heterocycles. The summed E-state index contributed by atoms with van der Waals surface area (Å²) in [7, 11) is 0. The predicted octanol–water partition coefficient (Wildman–Crippen LogP) is 7.47. The molecule has 0 radical (unpaired) electrons. The van der Waals surface area contributed by atoms with Gasteiger partial charge < -0.3 is 24.8 Å². The van der Waals surface area contributed by atoms with Crippen LogP contribution in [0.2, 0.25) is 0 Å². The second-order valence-corrected chi connectivity index (χ2v) is 8.62. The van der Waals surface area contributed by atoms with Gasteiger partial charge in [0.05, 0.1) is 6.61 Å². The number of phenolic OH excluding ortho intramolecular Hbond substituents is 2. The van der Waals surface area contributed by atoms with Gasteiger partial charge in [0.2, 0.25) is 0 Å². The molecule has 4 rings (SSSR count). The van der Waals surface area contributed by atoms with Crippen LogP contribution in [0, 0.1) is 5.41 Å². The van der Waals surface area contributed by atoms with Crippen molar-refractivity contribution in [1.29, 1.82) is 5.41 Å². The van der Waals surface area contributed by atoms with E-state index in [4.69, 9.17) is 14.6 Å². The zero-order chi connectivity index (χ0) is 23.9. The quantitative estimate of drug-likeness (QED) is 0.161. The van der Waals surface area contributed by atoms with Gasteiger partial charge in [0.25, 0.3) is 0 Å². The van der Waals surface area contributed by atoms with Gasteiger partial charge in [-0.15, -0.1) is 0 Å². The minimum Gasteiger partial charge on any atom is -0.508 e. The lowest BCUT2D eigenvalue weighted by Crippen LogP contribution is -2.05. The maximum atomic E-state index is 9.90. The van der Waals surface area contributed by atoms with Crippen LogP contribution in [0.4, 0.5) is 0 Å². The number of aromatic hydroxyl groups is 2. The number of ether oxygens (including phenoxy) is 1. The van der Waals surface area contributed by atoms with Gasteiger partial charge in [0, 0.05) is 41.1 Å². The fraction of sp³-hybridized carbons (Fsp3) is 0.276. The van der Waals surface area contributed by atoms with Crippen molar-refractivity contribution in [3.05, 3.63) is 77.9 Å². The van der Waals surface area contributed by atoms with Crippen molar-refractivity contribution in [3.63, 3.8) is 0 Å². The Labute approximate surface area is 200 Å². The summed E-state index contributed by atoms with van der Waals surface area (Å²) in [4.78, 5) is 0. The third kappa shape index (κ3) is 5.79. The van der Waals surface area contributed by atoms with E-state index in [1.807, 2.05) is 42.5 Å². The van der Waals surface area contributed by atoms with Gasteiger partial charge in [-0.25, -0.2) is 0 Å². The fourth-order valence-corrected chi connectivity index (χ4v) is 4.07. The van der Waals surface area contributed by atoms with Crippen molar-refractivity contribution < 1.29 is 19.4 Å². The summed E-state index contributed by atoms with van der Waals surface area (Å²) in [6, 6.07) is 20.1. The van der Waals surface area contributed by atoms with E-state index in [1.165, 1.54) is 12.8 Å². The van der Waals surface area contributed by atoms with E-state index >= 15 is 0 Å². The smallest absolute Gasteiger partial charge is 0.138 e. The molecular formula is C29H31NO4. The summed E-state index contributed by atoms with van der Waals surface area (Å²) in [5.74, 6) is 1.88. The number of unbranched alkanes of at least 4 members (excludes halogenated alkanes) is 2. The summed E-state index contributed by atoms with van der Waals surface area (Å²) in [6.07, 6.45) is 5.59. The number of hydrogen-bond acceptors (Lipinski definition) is 5. The van der Waals surface area contributed by atoms with Crippen molar-refractivity contribution in [2.45, 2.75) is 45.4 Å². The van der Waals surface area contributed by atoms with Crippen LogP contribution in [-0.2, 0) is 6.42 Å². The van der Waals surface area contributed by atoms with E-state index in [0.29, 0.717) is 25.0 Å². The SMILES string of the molecule is CCCCCC(=N)CCOc1ccc(Cc2c(-c3ccc(O)cc3)oc3cc(O)ccc23)cc1. The zero-order valence-corrected chi connectivity index (χ0v) is 19.5. The first-order valence-corrected chi connectivity index (χ1v) is 11.9. The first-order valence-electron chi connectivity index (χ1n) is 11.9. The average Bonchev–Trinajstić information content (AvgIpc) is 3.18. The average molecular weight is 458 g/mol. The Kier molecular flexibility index (Phi) is 7.53. The molecule has 0 unspecified atom stereocenters. The highest BCUT2D eigenvalue weighted by Crippen LogP contribution is 2.37. The summed E-state index contributed by atoms with van der Waals surface area (Å²) >= 11 is 0. The molecule has 0 amide bonds. The third-order valence-corrected chi connectivity index (χ3v) is 5.96. The van der Waals surface area contributed by atoms with Crippen LogP contribution in [0.5, 0.6) is 17.2 Å². The molecule has 0 aliphatic carbocycles. The van der Waals surface area contributed by atoms with E-state index in [9.17, 15) is 10.2 Å². The number of benzene rings is 3. The first-order chi connectivity index (χ1) is 16.5. The molecule has 176 valence electrons. The molecule has 0 fully saturated rings. The normalized spacial score (nSPS) is 11.1. The van der Waals surface area contributed by atoms with Crippen LogP contribution in [-0.4, -0.2) is 22.5 Å².